The molecule has 0 fully saturated rings. The smallest absolute Gasteiger partial charge is 0.210 e. The third-order valence-electron chi connectivity index (χ3n) is 5.63. The van der Waals surface area contributed by atoms with E-state index in [1.54, 1.807) is 37.4 Å². The zero-order valence-corrected chi connectivity index (χ0v) is 19.5. The number of aromatic nitrogens is 1. The van der Waals surface area contributed by atoms with E-state index in [4.69, 9.17) is 23.7 Å². The molecule has 2 N–H and O–H groups in total. The van der Waals surface area contributed by atoms with Crippen molar-refractivity contribution in [3.63, 3.8) is 0 Å². The minimum Gasteiger partial charge on any atom is -0.504 e. The van der Waals surface area contributed by atoms with Gasteiger partial charge in [0.1, 0.15) is 5.75 Å². The van der Waals surface area contributed by atoms with E-state index in [0.717, 1.165) is 0 Å². The van der Waals surface area contributed by atoms with E-state index in [9.17, 15) is 9.90 Å². The SMILES string of the molecule is COc1ccc(-c2c(C(=O)c3cc(OC)c(OC)c(OC)c3)[nH]c3cccc(OC)c23)cc1O. The number of carbonyl (C=O) groups is 1. The number of ether oxygens (including phenoxy) is 5. The van der Waals surface area contributed by atoms with Crippen LogP contribution in [0.4, 0.5) is 0 Å². The number of benzene rings is 3. The topological polar surface area (TPSA) is 99.2 Å². The number of aromatic hydroxyl groups is 1. The van der Waals surface area contributed by atoms with E-state index in [1.807, 2.05) is 18.2 Å². The Hall–Kier alpha value is -4.33. The highest BCUT2D eigenvalue weighted by Gasteiger charge is 2.25. The number of hydrogen-bond donors (Lipinski definition) is 2. The molecule has 0 aliphatic rings. The quantitative estimate of drug-likeness (QED) is 0.362. The van der Waals surface area contributed by atoms with Crippen LogP contribution in [0.3, 0.4) is 0 Å². The Balaban J connectivity index is 1.99. The molecule has 1 aromatic heterocycles. The third kappa shape index (κ3) is 3.73. The van der Waals surface area contributed by atoms with Gasteiger partial charge < -0.3 is 33.8 Å². The van der Waals surface area contributed by atoms with Gasteiger partial charge in [0, 0.05) is 11.1 Å². The molecule has 1 heterocycles. The molecular weight excluding hydrogens is 438 g/mol. The van der Waals surface area contributed by atoms with E-state index in [0.29, 0.717) is 62.0 Å². The maximum Gasteiger partial charge on any atom is 0.210 e. The molecule has 4 aromatic rings. The molecule has 0 aliphatic heterocycles. The zero-order valence-electron chi connectivity index (χ0n) is 19.5. The van der Waals surface area contributed by atoms with Crippen LogP contribution in [0.25, 0.3) is 22.0 Å². The largest absolute Gasteiger partial charge is 0.504 e. The number of rotatable bonds is 8. The Morgan fingerprint density at radius 3 is 1.97 bits per heavy atom. The Bertz CT molecular complexity index is 1350. The molecule has 0 unspecified atom stereocenters. The average molecular weight is 463 g/mol. The number of H-pyrrole nitrogens is 1. The van der Waals surface area contributed by atoms with Gasteiger partial charge in [0.15, 0.2) is 23.0 Å². The highest BCUT2D eigenvalue weighted by Crippen LogP contribution is 2.43. The van der Waals surface area contributed by atoms with Crippen LogP contribution >= 0.6 is 0 Å². The molecule has 0 spiro atoms. The van der Waals surface area contributed by atoms with Crippen molar-refractivity contribution in [2.45, 2.75) is 0 Å². The second-order valence-electron chi connectivity index (χ2n) is 7.39. The molecule has 0 bridgehead atoms. The summed E-state index contributed by atoms with van der Waals surface area (Å²) >= 11 is 0. The molecule has 8 nitrogen and oxygen atoms in total. The van der Waals surface area contributed by atoms with Crippen molar-refractivity contribution in [1.82, 2.24) is 4.98 Å². The number of carbonyl (C=O) groups excluding carboxylic acids is 1. The maximum absolute atomic E-state index is 13.8. The number of fused-ring (bicyclic) bond motifs is 1. The minimum atomic E-state index is -0.303. The third-order valence-corrected chi connectivity index (χ3v) is 5.63. The Morgan fingerprint density at radius 1 is 0.765 bits per heavy atom. The first-order valence-corrected chi connectivity index (χ1v) is 10.4. The van der Waals surface area contributed by atoms with Gasteiger partial charge in [-0.1, -0.05) is 12.1 Å². The number of phenols is 1. The van der Waals surface area contributed by atoms with Crippen molar-refractivity contribution in [1.29, 1.82) is 0 Å². The number of hydrogen-bond acceptors (Lipinski definition) is 7. The predicted molar refractivity (Wildman–Crippen MR) is 128 cm³/mol. The summed E-state index contributed by atoms with van der Waals surface area (Å²) in [5, 5.41) is 11.1. The van der Waals surface area contributed by atoms with Gasteiger partial charge in [0.25, 0.3) is 0 Å². The molecule has 0 aliphatic carbocycles. The summed E-state index contributed by atoms with van der Waals surface area (Å²) in [6.45, 7) is 0. The molecule has 34 heavy (non-hydrogen) atoms. The summed E-state index contributed by atoms with van der Waals surface area (Å²) < 4.78 is 27.0. The van der Waals surface area contributed by atoms with Crippen LogP contribution in [0.1, 0.15) is 16.1 Å². The van der Waals surface area contributed by atoms with E-state index in [1.165, 1.54) is 28.4 Å². The lowest BCUT2D eigenvalue weighted by molar-refractivity contribution is 0.103. The number of ketones is 1. The molecule has 176 valence electrons. The number of aromatic amines is 1. The van der Waals surface area contributed by atoms with Gasteiger partial charge in [-0.15, -0.1) is 0 Å². The number of phenolic OH excluding ortho intramolecular Hbond substituents is 1. The molecule has 0 saturated heterocycles. The lowest BCUT2D eigenvalue weighted by Crippen LogP contribution is -2.06. The molecular formula is C26H25NO7. The standard InChI is InChI=1S/C26H25NO7/c1-30-18-10-9-14(11-17(18)28)22-23-16(7-6-8-19(23)31-2)27-24(22)25(29)15-12-20(32-3)26(34-5)21(13-15)33-4/h6-13,27-28H,1-5H3. The summed E-state index contributed by atoms with van der Waals surface area (Å²) in [7, 11) is 7.52. The second-order valence-corrected chi connectivity index (χ2v) is 7.39. The average Bonchev–Trinajstić information content (AvgIpc) is 3.26. The molecule has 0 amide bonds. The first-order valence-electron chi connectivity index (χ1n) is 10.4. The minimum absolute atomic E-state index is 0.0459. The van der Waals surface area contributed by atoms with Crippen LogP contribution in [0.15, 0.2) is 48.5 Å². The fourth-order valence-corrected chi connectivity index (χ4v) is 4.05. The van der Waals surface area contributed by atoms with Gasteiger partial charge in [-0.05, 0) is 42.0 Å². The lowest BCUT2D eigenvalue weighted by atomic mass is 9.96. The lowest BCUT2D eigenvalue weighted by Gasteiger charge is -2.14. The Labute approximate surface area is 196 Å². The monoisotopic (exact) mass is 463 g/mol. The van der Waals surface area contributed by atoms with Crippen LogP contribution in [0.2, 0.25) is 0 Å². The molecule has 4 rings (SSSR count). The summed E-state index contributed by atoms with van der Waals surface area (Å²) in [5.41, 5.74) is 2.56. The Kier molecular flexibility index (Phi) is 6.23. The summed E-state index contributed by atoms with van der Waals surface area (Å²) in [4.78, 5) is 17.1. The summed E-state index contributed by atoms with van der Waals surface area (Å²) in [6, 6.07) is 13.7. The second kappa shape index (κ2) is 9.27. The van der Waals surface area contributed by atoms with E-state index < -0.39 is 0 Å². The first-order chi connectivity index (χ1) is 16.5. The van der Waals surface area contributed by atoms with Gasteiger partial charge in [-0.3, -0.25) is 4.79 Å². The van der Waals surface area contributed by atoms with Gasteiger partial charge in [-0.2, -0.15) is 0 Å². The fourth-order valence-electron chi connectivity index (χ4n) is 4.05. The first kappa shape index (κ1) is 22.8. The zero-order chi connectivity index (χ0) is 24.4. The van der Waals surface area contributed by atoms with Crippen molar-refractivity contribution in [3.05, 3.63) is 59.8 Å². The highest BCUT2D eigenvalue weighted by molar-refractivity contribution is 6.18. The van der Waals surface area contributed by atoms with Crippen LogP contribution in [0, 0.1) is 0 Å². The van der Waals surface area contributed by atoms with Gasteiger partial charge in [-0.25, -0.2) is 0 Å². The van der Waals surface area contributed by atoms with Crippen LogP contribution in [-0.2, 0) is 0 Å². The van der Waals surface area contributed by atoms with Crippen molar-refractivity contribution < 1.29 is 33.6 Å². The van der Waals surface area contributed by atoms with Crippen molar-refractivity contribution >= 4 is 16.7 Å². The molecule has 8 heteroatoms. The van der Waals surface area contributed by atoms with Crippen molar-refractivity contribution in [2.24, 2.45) is 0 Å². The van der Waals surface area contributed by atoms with Gasteiger partial charge in [0.2, 0.25) is 11.5 Å². The van der Waals surface area contributed by atoms with Crippen molar-refractivity contribution in [2.75, 3.05) is 35.5 Å². The highest BCUT2D eigenvalue weighted by atomic mass is 16.5. The molecule has 0 atom stereocenters. The fraction of sp³-hybridized carbons (Fsp3) is 0.192. The van der Waals surface area contributed by atoms with E-state index >= 15 is 0 Å². The predicted octanol–water partition coefficient (Wildman–Crippen LogP) is 4.81. The number of nitrogens with one attached hydrogen (secondary N) is 1. The maximum atomic E-state index is 13.8. The van der Waals surface area contributed by atoms with Crippen LogP contribution in [0.5, 0.6) is 34.5 Å². The molecule has 0 radical (unpaired) electrons. The summed E-state index contributed by atoms with van der Waals surface area (Å²) in [6.07, 6.45) is 0. The van der Waals surface area contributed by atoms with Crippen LogP contribution < -0.4 is 23.7 Å². The van der Waals surface area contributed by atoms with E-state index in [-0.39, 0.29) is 11.5 Å². The van der Waals surface area contributed by atoms with Gasteiger partial charge in [0.05, 0.1) is 52.1 Å². The summed E-state index contributed by atoms with van der Waals surface area (Å²) in [5.74, 6) is 1.68. The molecule has 3 aromatic carbocycles. The number of methoxy groups -OCH3 is 5. The normalized spacial score (nSPS) is 10.7. The van der Waals surface area contributed by atoms with Crippen LogP contribution in [-0.4, -0.2) is 51.4 Å². The van der Waals surface area contributed by atoms with Crippen molar-refractivity contribution in [3.8, 4) is 45.6 Å². The Morgan fingerprint density at radius 2 is 1.41 bits per heavy atom. The van der Waals surface area contributed by atoms with Gasteiger partial charge >= 0.3 is 0 Å². The van der Waals surface area contributed by atoms with E-state index in [2.05, 4.69) is 4.98 Å². The molecule has 0 saturated carbocycles.